The maximum Gasteiger partial charge on any atom is 0.249 e. The Hall–Kier alpha value is -0.860. The summed E-state index contributed by atoms with van der Waals surface area (Å²) in [6.45, 7) is 1.88. The number of hydrogen-bond donors (Lipinski definition) is 0. The molecular formula is C6H8NO2. The fourth-order valence-corrected chi connectivity index (χ4v) is 0.899. The van der Waals surface area contributed by atoms with Crippen LogP contribution in [0.4, 0.5) is 0 Å². The lowest BCUT2D eigenvalue weighted by molar-refractivity contribution is -0.135. The van der Waals surface area contributed by atoms with E-state index < -0.39 is 0 Å². The molecule has 1 aliphatic heterocycles. The van der Waals surface area contributed by atoms with E-state index in [-0.39, 0.29) is 17.7 Å². The monoisotopic (exact) mass is 126 g/mol. The van der Waals surface area contributed by atoms with Crippen LogP contribution in [0.25, 0.3) is 0 Å². The van der Waals surface area contributed by atoms with Crippen molar-refractivity contribution in [1.29, 1.82) is 0 Å². The van der Waals surface area contributed by atoms with Crippen LogP contribution in [0.5, 0.6) is 0 Å². The molecule has 0 unspecified atom stereocenters. The lowest BCUT2D eigenvalue weighted by Crippen LogP contribution is -2.31. The number of nitrogens with zero attached hydrogens (tertiary/aromatic N) is 1. The van der Waals surface area contributed by atoms with E-state index in [1.807, 2.05) is 6.92 Å². The minimum atomic E-state index is -0.265. The first-order chi connectivity index (χ1) is 4.18. The van der Waals surface area contributed by atoms with E-state index >= 15 is 0 Å². The summed E-state index contributed by atoms with van der Waals surface area (Å²) in [7, 11) is 0. The summed E-state index contributed by atoms with van der Waals surface area (Å²) in [5, 5.41) is 3.26. The van der Waals surface area contributed by atoms with E-state index in [9.17, 15) is 9.59 Å². The van der Waals surface area contributed by atoms with Crippen LogP contribution in [-0.2, 0) is 9.59 Å². The molecule has 1 radical (unpaired) electrons. The number of piperidine rings is 1. The first-order valence-corrected chi connectivity index (χ1v) is 2.96. The molecule has 1 rings (SSSR count). The third-order valence-corrected chi connectivity index (χ3v) is 1.30. The van der Waals surface area contributed by atoms with Crippen molar-refractivity contribution in [2.45, 2.75) is 19.8 Å². The van der Waals surface area contributed by atoms with Crippen LogP contribution in [0.15, 0.2) is 0 Å². The normalized spacial score (nSPS) is 21.9. The average molecular weight is 126 g/mol. The lowest BCUT2D eigenvalue weighted by Gasteiger charge is -2.13. The van der Waals surface area contributed by atoms with Gasteiger partial charge in [0.1, 0.15) is 0 Å². The smallest absolute Gasteiger partial charge is 0.249 e. The Morgan fingerprint density at radius 1 is 1.33 bits per heavy atom. The third-order valence-electron chi connectivity index (χ3n) is 1.30. The Kier molecular flexibility index (Phi) is 1.51. The Bertz CT molecular complexity index is 137. The van der Waals surface area contributed by atoms with Gasteiger partial charge in [-0.3, -0.25) is 9.59 Å². The molecular weight excluding hydrogens is 118 g/mol. The summed E-state index contributed by atoms with van der Waals surface area (Å²) in [6, 6.07) is 0. The third kappa shape index (κ3) is 1.52. The minimum absolute atomic E-state index is 0.197. The Balaban J connectivity index is 2.53. The second-order valence-corrected chi connectivity index (χ2v) is 2.41. The van der Waals surface area contributed by atoms with Gasteiger partial charge in [-0.05, 0) is 5.92 Å². The van der Waals surface area contributed by atoms with Crippen LogP contribution < -0.4 is 5.32 Å². The van der Waals surface area contributed by atoms with Crippen molar-refractivity contribution in [3.63, 3.8) is 0 Å². The number of imide groups is 1. The van der Waals surface area contributed by atoms with E-state index in [2.05, 4.69) is 5.32 Å². The summed E-state index contributed by atoms with van der Waals surface area (Å²) < 4.78 is 0. The summed E-state index contributed by atoms with van der Waals surface area (Å²) in [5.74, 6) is -0.333. The molecule has 0 spiro atoms. The Morgan fingerprint density at radius 2 is 1.78 bits per heavy atom. The van der Waals surface area contributed by atoms with Gasteiger partial charge in [0.15, 0.2) is 0 Å². The van der Waals surface area contributed by atoms with Gasteiger partial charge in [0.25, 0.3) is 0 Å². The second kappa shape index (κ2) is 2.17. The zero-order chi connectivity index (χ0) is 6.85. The van der Waals surface area contributed by atoms with E-state index in [1.54, 1.807) is 0 Å². The van der Waals surface area contributed by atoms with E-state index in [0.29, 0.717) is 12.8 Å². The Morgan fingerprint density at radius 3 is 2.11 bits per heavy atom. The fourth-order valence-electron chi connectivity index (χ4n) is 0.899. The molecule has 0 saturated carbocycles. The van der Waals surface area contributed by atoms with Crippen molar-refractivity contribution in [3.05, 3.63) is 0 Å². The molecule has 0 aromatic heterocycles. The van der Waals surface area contributed by atoms with Crippen LogP contribution in [-0.4, -0.2) is 11.8 Å². The van der Waals surface area contributed by atoms with Gasteiger partial charge in [0.2, 0.25) is 11.8 Å². The molecule has 0 atom stereocenters. The lowest BCUT2D eigenvalue weighted by atomic mass is 10.00. The highest BCUT2D eigenvalue weighted by Gasteiger charge is 2.22. The number of carbonyl (C=O) groups is 2. The summed E-state index contributed by atoms with van der Waals surface area (Å²) >= 11 is 0. The quantitative estimate of drug-likeness (QED) is 0.431. The molecule has 1 fully saturated rings. The van der Waals surface area contributed by atoms with Gasteiger partial charge < -0.3 is 0 Å². The van der Waals surface area contributed by atoms with E-state index in [1.165, 1.54) is 0 Å². The molecule has 0 aliphatic carbocycles. The zero-order valence-corrected chi connectivity index (χ0v) is 5.26. The van der Waals surface area contributed by atoms with Crippen molar-refractivity contribution in [2.24, 2.45) is 5.92 Å². The zero-order valence-electron chi connectivity index (χ0n) is 5.26. The number of rotatable bonds is 0. The van der Waals surface area contributed by atoms with Gasteiger partial charge in [-0.15, -0.1) is 0 Å². The number of amides is 2. The molecule has 0 bridgehead atoms. The predicted molar refractivity (Wildman–Crippen MR) is 30.5 cm³/mol. The first-order valence-electron chi connectivity index (χ1n) is 2.96. The molecule has 1 saturated heterocycles. The molecule has 3 nitrogen and oxygen atoms in total. The molecule has 9 heavy (non-hydrogen) atoms. The maximum absolute atomic E-state index is 10.5. The van der Waals surface area contributed by atoms with Crippen LogP contribution in [0.3, 0.4) is 0 Å². The average Bonchev–Trinajstić information content (AvgIpc) is 1.59. The van der Waals surface area contributed by atoms with Crippen molar-refractivity contribution in [3.8, 4) is 0 Å². The number of carbonyl (C=O) groups excluding carboxylic acids is 2. The molecule has 3 heteroatoms. The van der Waals surface area contributed by atoms with Crippen molar-refractivity contribution in [2.75, 3.05) is 0 Å². The molecule has 0 aromatic rings. The van der Waals surface area contributed by atoms with Gasteiger partial charge in [0, 0.05) is 12.8 Å². The standard InChI is InChI=1S/C6H8NO2/c1-4-2-5(8)7-6(9)3-4/h4H,2-3H2,1H3. The maximum atomic E-state index is 10.5. The second-order valence-electron chi connectivity index (χ2n) is 2.41. The van der Waals surface area contributed by atoms with Crippen LogP contribution in [0, 0.1) is 5.92 Å². The minimum Gasteiger partial charge on any atom is -0.272 e. The molecule has 49 valence electrons. The topological polar surface area (TPSA) is 48.2 Å². The van der Waals surface area contributed by atoms with Gasteiger partial charge >= 0.3 is 0 Å². The fraction of sp³-hybridized carbons (Fsp3) is 0.667. The largest absolute Gasteiger partial charge is 0.272 e. The van der Waals surface area contributed by atoms with E-state index in [0.717, 1.165) is 0 Å². The highest BCUT2D eigenvalue weighted by molar-refractivity contribution is 5.97. The molecule has 0 N–H and O–H groups in total. The van der Waals surface area contributed by atoms with Gasteiger partial charge in [-0.25, -0.2) is 0 Å². The summed E-state index contributed by atoms with van der Waals surface area (Å²) in [6.07, 6.45) is 0.872. The van der Waals surface area contributed by atoms with E-state index in [4.69, 9.17) is 0 Å². The predicted octanol–water partition coefficient (Wildman–Crippen LogP) is 0.0739. The van der Waals surface area contributed by atoms with Gasteiger partial charge in [-0.2, -0.15) is 5.32 Å². The molecule has 1 heterocycles. The van der Waals surface area contributed by atoms with Crippen LogP contribution in [0.2, 0.25) is 0 Å². The first kappa shape index (κ1) is 6.26. The number of hydrogen-bond acceptors (Lipinski definition) is 2. The van der Waals surface area contributed by atoms with Gasteiger partial charge in [-0.1, -0.05) is 6.92 Å². The van der Waals surface area contributed by atoms with Gasteiger partial charge in [0.05, 0.1) is 0 Å². The van der Waals surface area contributed by atoms with Crippen molar-refractivity contribution in [1.82, 2.24) is 5.32 Å². The molecule has 1 aliphatic rings. The molecule has 2 amide bonds. The van der Waals surface area contributed by atoms with Crippen molar-refractivity contribution < 1.29 is 9.59 Å². The summed E-state index contributed by atoms with van der Waals surface area (Å²) in [5.41, 5.74) is 0. The van der Waals surface area contributed by atoms with Crippen molar-refractivity contribution >= 4 is 11.8 Å². The SMILES string of the molecule is CC1CC(=O)[N]C(=O)C1. The van der Waals surface area contributed by atoms with Crippen LogP contribution >= 0.6 is 0 Å². The highest BCUT2D eigenvalue weighted by Crippen LogP contribution is 2.11. The summed E-state index contributed by atoms with van der Waals surface area (Å²) in [4.78, 5) is 21.0. The highest BCUT2D eigenvalue weighted by atomic mass is 16.2. The Labute approximate surface area is 53.4 Å². The van der Waals surface area contributed by atoms with Crippen LogP contribution in [0.1, 0.15) is 19.8 Å². The molecule has 0 aromatic carbocycles.